The lowest BCUT2D eigenvalue weighted by Gasteiger charge is -2.11. The molecule has 2 aromatic carbocycles. The Morgan fingerprint density at radius 1 is 1.06 bits per heavy atom. The molecule has 0 aliphatic heterocycles. The average Bonchev–Trinajstić information content (AvgIpc) is 3.21. The molecule has 0 aliphatic rings. The van der Waals surface area contributed by atoms with Crippen LogP contribution in [0, 0.1) is 18.6 Å². The molecule has 4 aromatic rings. The molecular formula is C24H25F2N5O. The van der Waals surface area contributed by atoms with Gasteiger partial charge in [0.05, 0.1) is 19.5 Å². The molecule has 1 N–H and O–H groups in total. The van der Waals surface area contributed by atoms with E-state index in [9.17, 15) is 8.78 Å². The smallest absolute Gasteiger partial charge is 0.320 e. The molecule has 166 valence electrons. The molecule has 0 amide bonds. The zero-order chi connectivity index (χ0) is 22.5. The summed E-state index contributed by atoms with van der Waals surface area (Å²) in [4.78, 5) is 13.4. The summed E-state index contributed by atoms with van der Waals surface area (Å²) in [5.74, 6) is -0.664. The fourth-order valence-electron chi connectivity index (χ4n) is 3.35. The first kappa shape index (κ1) is 21.7. The van der Waals surface area contributed by atoms with Crippen LogP contribution in [-0.2, 0) is 13.1 Å². The summed E-state index contributed by atoms with van der Waals surface area (Å²) in [6.07, 6.45) is 3.36. The SMILES string of the molecule is CCCCOc1nc(NCc2ccccc2)c2ncn(Cc3c(F)ccc(C)c3F)c2n1. The number of aryl methyl sites for hydroxylation is 1. The normalized spacial score (nSPS) is 11.1. The Morgan fingerprint density at radius 3 is 2.66 bits per heavy atom. The third-order valence-electron chi connectivity index (χ3n) is 5.18. The van der Waals surface area contributed by atoms with Gasteiger partial charge >= 0.3 is 6.01 Å². The molecule has 32 heavy (non-hydrogen) atoms. The number of hydrogen-bond donors (Lipinski definition) is 1. The number of nitrogens with zero attached hydrogens (tertiary/aromatic N) is 4. The van der Waals surface area contributed by atoms with Gasteiger partial charge in [-0.2, -0.15) is 9.97 Å². The van der Waals surface area contributed by atoms with Gasteiger partial charge in [0.25, 0.3) is 0 Å². The third-order valence-corrected chi connectivity index (χ3v) is 5.18. The van der Waals surface area contributed by atoms with Crippen molar-refractivity contribution in [2.45, 2.75) is 39.8 Å². The molecule has 6 nitrogen and oxygen atoms in total. The van der Waals surface area contributed by atoms with Crippen molar-refractivity contribution >= 4 is 17.0 Å². The molecule has 2 aromatic heterocycles. The minimum absolute atomic E-state index is 0.0323. The summed E-state index contributed by atoms with van der Waals surface area (Å²) < 4.78 is 36.3. The fourth-order valence-corrected chi connectivity index (χ4v) is 3.35. The molecule has 0 fully saturated rings. The Hall–Kier alpha value is -3.55. The van der Waals surface area contributed by atoms with Gasteiger partial charge in [0, 0.05) is 12.1 Å². The number of unbranched alkanes of at least 4 members (excludes halogenated alkanes) is 1. The standard InChI is InChI=1S/C24H25F2N5O/c1-3-4-12-32-24-29-22(27-13-17-8-6-5-7-9-17)21-23(30-24)31(15-28-21)14-18-19(25)11-10-16(2)20(18)26/h5-11,15H,3-4,12-14H2,1-2H3,(H,27,29,30). The number of ether oxygens (including phenoxy) is 1. The predicted molar refractivity (Wildman–Crippen MR) is 120 cm³/mol. The monoisotopic (exact) mass is 437 g/mol. The predicted octanol–water partition coefficient (Wildman–Crippen LogP) is 5.25. The molecule has 0 radical (unpaired) electrons. The number of nitrogens with one attached hydrogen (secondary N) is 1. The molecule has 4 rings (SSSR count). The van der Waals surface area contributed by atoms with Crippen molar-refractivity contribution in [3.05, 3.63) is 77.1 Å². The zero-order valence-electron chi connectivity index (χ0n) is 18.1. The lowest BCUT2D eigenvalue weighted by atomic mass is 10.1. The minimum atomic E-state index is -0.606. The molecule has 0 saturated heterocycles. The van der Waals surface area contributed by atoms with Gasteiger partial charge in [0.2, 0.25) is 0 Å². The van der Waals surface area contributed by atoms with Crippen molar-refractivity contribution in [3.63, 3.8) is 0 Å². The van der Waals surface area contributed by atoms with Gasteiger partial charge in [0.1, 0.15) is 11.6 Å². The number of hydrogen-bond acceptors (Lipinski definition) is 5. The van der Waals surface area contributed by atoms with Crippen molar-refractivity contribution in [2.75, 3.05) is 11.9 Å². The molecule has 0 unspecified atom stereocenters. The maximum Gasteiger partial charge on any atom is 0.320 e. The molecule has 0 spiro atoms. The first-order valence-corrected chi connectivity index (χ1v) is 10.6. The topological polar surface area (TPSA) is 64.9 Å². The first-order valence-electron chi connectivity index (χ1n) is 10.6. The van der Waals surface area contributed by atoms with Crippen LogP contribution in [-0.4, -0.2) is 26.1 Å². The van der Waals surface area contributed by atoms with Crippen LogP contribution in [0.2, 0.25) is 0 Å². The van der Waals surface area contributed by atoms with E-state index in [-0.39, 0.29) is 18.1 Å². The summed E-state index contributed by atoms with van der Waals surface area (Å²) in [5, 5.41) is 3.29. The van der Waals surface area contributed by atoms with E-state index >= 15 is 0 Å². The van der Waals surface area contributed by atoms with Crippen molar-refractivity contribution in [1.29, 1.82) is 0 Å². The second-order valence-corrected chi connectivity index (χ2v) is 7.60. The highest BCUT2D eigenvalue weighted by Gasteiger charge is 2.18. The van der Waals surface area contributed by atoms with E-state index in [0.29, 0.717) is 35.7 Å². The van der Waals surface area contributed by atoms with Crippen LogP contribution in [0.5, 0.6) is 6.01 Å². The Bertz CT molecular complexity index is 1210. The molecule has 8 heteroatoms. The first-order chi connectivity index (χ1) is 15.6. The molecule has 0 atom stereocenters. The van der Waals surface area contributed by atoms with Crippen LogP contribution in [0.4, 0.5) is 14.6 Å². The van der Waals surface area contributed by atoms with Gasteiger partial charge in [-0.15, -0.1) is 0 Å². The van der Waals surface area contributed by atoms with Crippen LogP contribution >= 0.6 is 0 Å². The molecule has 0 aliphatic carbocycles. The number of fused-ring (bicyclic) bond motifs is 1. The summed E-state index contributed by atoms with van der Waals surface area (Å²) in [6, 6.07) is 12.8. The van der Waals surface area contributed by atoms with Crippen LogP contribution in [0.25, 0.3) is 11.2 Å². The lowest BCUT2D eigenvalue weighted by Crippen LogP contribution is -2.09. The summed E-state index contributed by atoms with van der Waals surface area (Å²) in [7, 11) is 0. The molecule has 0 bridgehead atoms. The Labute approximate surface area is 185 Å². The number of rotatable bonds is 9. The van der Waals surface area contributed by atoms with E-state index in [2.05, 4.69) is 27.2 Å². The van der Waals surface area contributed by atoms with E-state index in [1.54, 1.807) is 11.5 Å². The van der Waals surface area contributed by atoms with E-state index in [0.717, 1.165) is 18.4 Å². The summed E-state index contributed by atoms with van der Waals surface area (Å²) in [5.41, 5.74) is 2.39. The lowest BCUT2D eigenvalue weighted by molar-refractivity contribution is 0.286. The maximum absolute atomic E-state index is 14.6. The van der Waals surface area contributed by atoms with Gasteiger partial charge < -0.3 is 14.6 Å². The van der Waals surface area contributed by atoms with Crippen LogP contribution in [0.15, 0.2) is 48.8 Å². The Morgan fingerprint density at radius 2 is 1.88 bits per heavy atom. The van der Waals surface area contributed by atoms with Crippen molar-refractivity contribution in [3.8, 4) is 6.01 Å². The number of anilines is 1. The highest BCUT2D eigenvalue weighted by Crippen LogP contribution is 2.25. The van der Waals surface area contributed by atoms with Crippen molar-refractivity contribution < 1.29 is 13.5 Å². The van der Waals surface area contributed by atoms with Gasteiger partial charge in [-0.05, 0) is 30.5 Å². The Kier molecular flexibility index (Phi) is 6.58. The van der Waals surface area contributed by atoms with Crippen molar-refractivity contribution in [2.24, 2.45) is 0 Å². The number of imidazole rings is 1. The zero-order valence-corrected chi connectivity index (χ0v) is 18.1. The Balaban J connectivity index is 1.70. The quantitative estimate of drug-likeness (QED) is 0.362. The van der Waals surface area contributed by atoms with Gasteiger partial charge in [-0.1, -0.05) is 49.7 Å². The van der Waals surface area contributed by atoms with Gasteiger partial charge in [-0.25, -0.2) is 13.8 Å². The summed E-state index contributed by atoms with van der Waals surface area (Å²) >= 11 is 0. The van der Waals surface area contributed by atoms with Gasteiger partial charge in [0.15, 0.2) is 17.0 Å². The van der Waals surface area contributed by atoms with Crippen LogP contribution < -0.4 is 10.1 Å². The largest absolute Gasteiger partial charge is 0.463 e. The summed E-state index contributed by atoms with van der Waals surface area (Å²) in [6.45, 7) is 4.65. The van der Waals surface area contributed by atoms with E-state index in [1.807, 2.05) is 30.3 Å². The molecular weight excluding hydrogens is 412 g/mol. The fraction of sp³-hybridized carbons (Fsp3) is 0.292. The number of benzene rings is 2. The molecule has 2 heterocycles. The second kappa shape index (κ2) is 9.72. The second-order valence-electron chi connectivity index (χ2n) is 7.60. The minimum Gasteiger partial charge on any atom is -0.463 e. The molecule has 0 saturated carbocycles. The average molecular weight is 437 g/mol. The van der Waals surface area contributed by atoms with Crippen LogP contribution in [0.1, 0.15) is 36.5 Å². The van der Waals surface area contributed by atoms with E-state index < -0.39 is 11.6 Å². The van der Waals surface area contributed by atoms with Crippen molar-refractivity contribution in [1.82, 2.24) is 19.5 Å². The maximum atomic E-state index is 14.6. The van der Waals surface area contributed by atoms with E-state index in [1.165, 1.54) is 18.5 Å². The number of halogens is 2. The number of aromatic nitrogens is 4. The highest BCUT2D eigenvalue weighted by molar-refractivity contribution is 5.83. The van der Waals surface area contributed by atoms with E-state index in [4.69, 9.17) is 4.74 Å². The van der Waals surface area contributed by atoms with Gasteiger partial charge in [-0.3, -0.25) is 0 Å². The third kappa shape index (κ3) is 4.69. The van der Waals surface area contributed by atoms with Crippen LogP contribution in [0.3, 0.4) is 0 Å². The highest BCUT2D eigenvalue weighted by atomic mass is 19.1.